The van der Waals surface area contributed by atoms with Gasteiger partial charge in [0.25, 0.3) is 0 Å². The van der Waals surface area contributed by atoms with Gasteiger partial charge in [0.15, 0.2) is 0 Å². The van der Waals surface area contributed by atoms with Gasteiger partial charge in [-0.3, -0.25) is 4.90 Å². The van der Waals surface area contributed by atoms with Crippen LogP contribution in [0, 0.1) is 0 Å². The number of likely N-dealkylation sites (tertiary alicyclic amines) is 1. The molecule has 2 aromatic rings. The molecule has 1 aromatic carbocycles. The molecule has 6 heteroatoms. The van der Waals surface area contributed by atoms with Gasteiger partial charge in [0.05, 0.1) is 13.2 Å². The Balaban J connectivity index is 1.36. The second-order valence-electron chi connectivity index (χ2n) is 7.05. The maximum Gasteiger partial charge on any atom is 0.227 e. The van der Waals surface area contributed by atoms with Crippen molar-refractivity contribution < 1.29 is 4.74 Å². The van der Waals surface area contributed by atoms with E-state index in [0.717, 1.165) is 57.7 Å². The van der Waals surface area contributed by atoms with Crippen molar-refractivity contribution in [1.82, 2.24) is 14.9 Å². The Morgan fingerprint density at radius 2 is 1.92 bits per heavy atom. The van der Waals surface area contributed by atoms with Crippen LogP contribution in [-0.4, -0.2) is 60.3 Å². The molecule has 1 aromatic heterocycles. The average Bonchev–Trinajstić information content (AvgIpc) is 2.70. The molecule has 1 unspecified atom stereocenters. The highest BCUT2D eigenvalue weighted by Crippen LogP contribution is 2.18. The molecule has 0 amide bonds. The third-order valence-corrected chi connectivity index (χ3v) is 5.04. The Hall–Kier alpha value is -2.18. The molecule has 0 saturated carbocycles. The van der Waals surface area contributed by atoms with Crippen molar-refractivity contribution in [2.75, 3.05) is 49.6 Å². The highest BCUT2D eigenvalue weighted by molar-refractivity contribution is 5.42. The number of rotatable bonds is 5. The number of hydrogen-bond acceptors (Lipinski definition) is 6. The number of nitrogens with zero attached hydrogens (tertiary/aromatic N) is 4. The molecular weight excluding hydrogens is 326 g/mol. The third-order valence-electron chi connectivity index (χ3n) is 5.04. The van der Waals surface area contributed by atoms with E-state index in [2.05, 4.69) is 50.4 Å². The first-order chi connectivity index (χ1) is 12.9. The number of aromatic nitrogens is 2. The van der Waals surface area contributed by atoms with E-state index < -0.39 is 0 Å². The van der Waals surface area contributed by atoms with Gasteiger partial charge in [0, 0.05) is 38.4 Å². The number of morpholine rings is 1. The lowest BCUT2D eigenvalue weighted by Gasteiger charge is -2.33. The van der Waals surface area contributed by atoms with Crippen molar-refractivity contribution in [2.45, 2.75) is 25.4 Å². The summed E-state index contributed by atoms with van der Waals surface area (Å²) in [5.41, 5.74) is 1.38. The lowest BCUT2D eigenvalue weighted by Crippen LogP contribution is -2.42. The summed E-state index contributed by atoms with van der Waals surface area (Å²) in [6.07, 6.45) is 4.25. The van der Waals surface area contributed by atoms with Crippen molar-refractivity contribution in [2.24, 2.45) is 0 Å². The monoisotopic (exact) mass is 353 g/mol. The van der Waals surface area contributed by atoms with Crippen LogP contribution in [0.1, 0.15) is 18.4 Å². The highest BCUT2D eigenvalue weighted by atomic mass is 16.5. The highest BCUT2D eigenvalue weighted by Gasteiger charge is 2.21. The maximum atomic E-state index is 5.42. The Morgan fingerprint density at radius 1 is 1.08 bits per heavy atom. The third kappa shape index (κ3) is 4.51. The van der Waals surface area contributed by atoms with E-state index in [0.29, 0.717) is 6.04 Å². The lowest BCUT2D eigenvalue weighted by molar-refractivity contribution is 0.122. The summed E-state index contributed by atoms with van der Waals surface area (Å²) in [5.74, 6) is 1.73. The summed E-state index contributed by atoms with van der Waals surface area (Å²) in [7, 11) is 0. The van der Waals surface area contributed by atoms with Crippen LogP contribution in [0.5, 0.6) is 0 Å². The SMILES string of the molecule is c1ccc(CN2CCCC(Nc3ccnc(N4CCOCC4)n3)C2)cc1. The van der Waals surface area contributed by atoms with Gasteiger partial charge >= 0.3 is 0 Å². The van der Waals surface area contributed by atoms with E-state index in [4.69, 9.17) is 9.72 Å². The predicted octanol–water partition coefficient (Wildman–Crippen LogP) is 2.39. The van der Waals surface area contributed by atoms with Gasteiger partial charge in [-0.2, -0.15) is 4.98 Å². The molecule has 0 spiro atoms. The van der Waals surface area contributed by atoms with Crippen molar-refractivity contribution in [1.29, 1.82) is 0 Å². The molecule has 2 aliphatic heterocycles. The smallest absolute Gasteiger partial charge is 0.227 e. The fourth-order valence-electron chi connectivity index (χ4n) is 3.71. The van der Waals surface area contributed by atoms with Crippen LogP contribution in [-0.2, 0) is 11.3 Å². The van der Waals surface area contributed by atoms with Crippen LogP contribution in [0.15, 0.2) is 42.6 Å². The van der Waals surface area contributed by atoms with E-state index in [1.54, 1.807) is 0 Å². The topological polar surface area (TPSA) is 53.5 Å². The standard InChI is InChI=1S/C20H27N5O/c1-2-5-17(6-3-1)15-24-10-4-7-18(16-24)22-19-8-9-21-20(23-19)25-11-13-26-14-12-25/h1-3,5-6,8-9,18H,4,7,10-16H2,(H,21,22,23). The Kier molecular flexibility index (Phi) is 5.62. The summed E-state index contributed by atoms with van der Waals surface area (Å²) in [6.45, 7) is 6.44. The van der Waals surface area contributed by atoms with Gasteiger partial charge in [-0.15, -0.1) is 0 Å². The van der Waals surface area contributed by atoms with Crippen molar-refractivity contribution in [3.63, 3.8) is 0 Å². The van der Waals surface area contributed by atoms with Crippen molar-refractivity contribution in [3.8, 4) is 0 Å². The van der Waals surface area contributed by atoms with Crippen LogP contribution < -0.4 is 10.2 Å². The molecule has 2 aliphatic rings. The number of anilines is 2. The number of ether oxygens (including phenoxy) is 1. The number of nitrogens with one attached hydrogen (secondary N) is 1. The molecule has 2 fully saturated rings. The van der Waals surface area contributed by atoms with E-state index in [1.165, 1.54) is 18.4 Å². The van der Waals surface area contributed by atoms with Gasteiger partial charge in [0.2, 0.25) is 5.95 Å². The molecular formula is C20H27N5O. The quantitative estimate of drug-likeness (QED) is 0.891. The minimum atomic E-state index is 0.430. The largest absolute Gasteiger partial charge is 0.378 e. The second-order valence-corrected chi connectivity index (χ2v) is 7.05. The van der Waals surface area contributed by atoms with Crippen LogP contribution in [0.3, 0.4) is 0 Å². The first kappa shape index (κ1) is 17.2. The van der Waals surface area contributed by atoms with Crippen LogP contribution in [0.2, 0.25) is 0 Å². The van der Waals surface area contributed by atoms with Crippen molar-refractivity contribution >= 4 is 11.8 Å². The van der Waals surface area contributed by atoms with Crippen molar-refractivity contribution in [3.05, 3.63) is 48.2 Å². The van der Waals surface area contributed by atoms with Gasteiger partial charge < -0.3 is 15.0 Å². The van der Waals surface area contributed by atoms with Crippen LogP contribution >= 0.6 is 0 Å². The molecule has 1 atom stereocenters. The minimum Gasteiger partial charge on any atom is -0.378 e. The minimum absolute atomic E-state index is 0.430. The zero-order valence-electron chi connectivity index (χ0n) is 15.2. The van der Waals surface area contributed by atoms with Crippen LogP contribution in [0.4, 0.5) is 11.8 Å². The molecule has 1 N–H and O–H groups in total. The van der Waals surface area contributed by atoms with E-state index in [9.17, 15) is 0 Å². The van der Waals surface area contributed by atoms with E-state index in [-0.39, 0.29) is 0 Å². The number of piperidine rings is 1. The zero-order valence-corrected chi connectivity index (χ0v) is 15.2. The Bertz CT molecular complexity index is 690. The fourth-order valence-corrected chi connectivity index (χ4v) is 3.71. The molecule has 26 heavy (non-hydrogen) atoms. The van der Waals surface area contributed by atoms with Gasteiger partial charge in [-0.1, -0.05) is 30.3 Å². The normalized spacial score (nSPS) is 21.5. The molecule has 0 radical (unpaired) electrons. The summed E-state index contributed by atoms with van der Waals surface area (Å²) >= 11 is 0. The van der Waals surface area contributed by atoms with Gasteiger partial charge in [-0.25, -0.2) is 4.98 Å². The van der Waals surface area contributed by atoms with Crippen LogP contribution in [0.25, 0.3) is 0 Å². The molecule has 6 nitrogen and oxygen atoms in total. The predicted molar refractivity (Wildman–Crippen MR) is 103 cm³/mol. The Labute approximate surface area is 155 Å². The fraction of sp³-hybridized carbons (Fsp3) is 0.500. The van der Waals surface area contributed by atoms with E-state index >= 15 is 0 Å². The molecule has 3 heterocycles. The summed E-state index contributed by atoms with van der Waals surface area (Å²) < 4.78 is 5.42. The first-order valence-corrected chi connectivity index (χ1v) is 9.55. The summed E-state index contributed by atoms with van der Waals surface area (Å²) in [4.78, 5) is 13.9. The number of hydrogen-bond donors (Lipinski definition) is 1. The summed E-state index contributed by atoms with van der Waals surface area (Å²) in [5, 5.41) is 3.63. The molecule has 0 aliphatic carbocycles. The molecule has 4 rings (SSSR count). The zero-order chi connectivity index (χ0) is 17.6. The lowest BCUT2D eigenvalue weighted by atomic mass is 10.0. The Morgan fingerprint density at radius 3 is 2.77 bits per heavy atom. The molecule has 2 saturated heterocycles. The van der Waals surface area contributed by atoms with Gasteiger partial charge in [-0.05, 0) is 31.0 Å². The number of benzene rings is 1. The summed E-state index contributed by atoms with van der Waals surface area (Å²) in [6, 6.07) is 13.1. The van der Waals surface area contributed by atoms with E-state index in [1.807, 2.05) is 12.3 Å². The second kappa shape index (κ2) is 8.47. The van der Waals surface area contributed by atoms with Gasteiger partial charge in [0.1, 0.15) is 5.82 Å². The first-order valence-electron chi connectivity index (χ1n) is 9.55. The average molecular weight is 353 g/mol. The molecule has 138 valence electrons. The molecule has 0 bridgehead atoms. The maximum absolute atomic E-state index is 5.42.